The second-order valence-corrected chi connectivity index (χ2v) is 10.5. The second-order valence-electron chi connectivity index (χ2n) is 10.5. The number of piperazine rings is 1. The number of carbonyl (C=O) groups is 3. The summed E-state index contributed by atoms with van der Waals surface area (Å²) < 4.78 is 33.2. The lowest BCUT2D eigenvalue weighted by Crippen LogP contribution is -2.59. The number of allylic oxidation sites excluding steroid dienone is 2. The second kappa shape index (κ2) is 13.3. The monoisotopic (exact) mass is 600 g/mol. The number of hydrogen-bond donors (Lipinski definition) is 1. The fraction of sp³-hybridized carbons (Fsp3) is 0.556. The molecule has 3 fully saturated rings. The minimum Gasteiger partial charge on any atom is -0.378 e. The molecule has 0 aromatic carbocycles. The molecule has 3 aliphatic heterocycles. The van der Waals surface area contributed by atoms with Gasteiger partial charge in [0.1, 0.15) is 5.69 Å². The highest BCUT2D eigenvalue weighted by atomic mass is 19.3. The van der Waals surface area contributed by atoms with E-state index in [1.165, 1.54) is 12.3 Å². The van der Waals surface area contributed by atoms with Gasteiger partial charge in [0.2, 0.25) is 29.7 Å². The Labute approximate surface area is 246 Å². The van der Waals surface area contributed by atoms with Gasteiger partial charge in [0, 0.05) is 71.4 Å². The molecular formula is C27H34F2N10O4. The number of rotatable bonds is 9. The number of likely N-dealkylation sites (tertiary alicyclic amines) is 1. The van der Waals surface area contributed by atoms with Crippen molar-refractivity contribution in [2.45, 2.75) is 26.2 Å². The molecule has 0 radical (unpaired) electrons. The Balaban J connectivity index is 1.25. The zero-order valence-corrected chi connectivity index (χ0v) is 23.9. The number of nitrogens with two attached hydrogens (primary N) is 1. The molecule has 0 bridgehead atoms. The van der Waals surface area contributed by atoms with Crippen molar-refractivity contribution in [3.8, 4) is 11.4 Å². The summed E-state index contributed by atoms with van der Waals surface area (Å²) in [6, 6.07) is 0. The molecule has 230 valence electrons. The number of morpholine rings is 1. The quantitative estimate of drug-likeness (QED) is 0.402. The molecule has 0 unspecified atom stereocenters. The maximum atomic E-state index is 13.9. The average Bonchev–Trinajstić information content (AvgIpc) is 2.99. The SMILES string of the molecule is C/C=C/C(=O)CCC(=O)N1CC(C(=O)N2CCN(c3nc(-c4cnc(N)nc4C(F)F)nc(N4CCOCC4)n3)CC2)C1. The zero-order chi connectivity index (χ0) is 30.5. The van der Waals surface area contributed by atoms with Crippen molar-refractivity contribution in [1.82, 2.24) is 34.7 Å². The van der Waals surface area contributed by atoms with Gasteiger partial charge in [0.05, 0.1) is 24.7 Å². The molecule has 0 spiro atoms. The topological polar surface area (TPSA) is 164 Å². The Morgan fingerprint density at radius 2 is 1.60 bits per heavy atom. The largest absolute Gasteiger partial charge is 0.378 e. The molecule has 5 rings (SSSR count). The Morgan fingerprint density at radius 3 is 2.23 bits per heavy atom. The van der Waals surface area contributed by atoms with Gasteiger partial charge >= 0.3 is 0 Å². The predicted octanol–water partition coefficient (Wildman–Crippen LogP) is 0.717. The Hall–Kier alpha value is -4.34. The molecule has 5 heterocycles. The standard InChI is InChI=1S/C27H34F2N10O4/c1-2-3-18(40)4-5-20(41)39-15-17(16-39)24(42)36-6-8-37(9-7-36)26-33-23(19-14-31-25(30)32-21(19)22(28)29)34-27(35-26)38-10-12-43-13-11-38/h2-3,14,17,22H,4-13,15-16H2,1H3,(H2,30,31,32)/b3-2+. The highest BCUT2D eigenvalue weighted by molar-refractivity contribution is 5.93. The van der Waals surface area contributed by atoms with Gasteiger partial charge in [-0.25, -0.2) is 18.7 Å². The summed E-state index contributed by atoms with van der Waals surface area (Å²) in [5.41, 5.74) is 4.96. The molecule has 2 amide bonds. The molecule has 0 saturated carbocycles. The first kappa shape index (κ1) is 30.1. The number of nitrogens with zero attached hydrogens (tertiary/aromatic N) is 9. The van der Waals surface area contributed by atoms with E-state index < -0.39 is 12.1 Å². The van der Waals surface area contributed by atoms with E-state index in [0.29, 0.717) is 77.5 Å². The van der Waals surface area contributed by atoms with Crippen LogP contribution in [0.4, 0.5) is 26.6 Å². The van der Waals surface area contributed by atoms with Gasteiger partial charge in [-0.3, -0.25) is 14.4 Å². The summed E-state index contributed by atoms with van der Waals surface area (Å²) >= 11 is 0. The molecule has 14 nitrogen and oxygen atoms in total. The van der Waals surface area contributed by atoms with Crippen LogP contribution in [-0.4, -0.2) is 118 Å². The van der Waals surface area contributed by atoms with E-state index in [1.54, 1.807) is 22.8 Å². The fourth-order valence-corrected chi connectivity index (χ4v) is 5.15. The van der Waals surface area contributed by atoms with Gasteiger partial charge in [0.25, 0.3) is 6.43 Å². The van der Waals surface area contributed by atoms with Crippen LogP contribution in [0.3, 0.4) is 0 Å². The summed E-state index contributed by atoms with van der Waals surface area (Å²) in [6.07, 6.45) is 1.65. The number of amides is 2. The predicted molar refractivity (Wildman–Crippen MR) is 151 cm³/mol. The van der Waals surface area contributed by atoms with Gasteiger partial charge in [-0.05, 0) is 13.0 Å². The molecular weight excluding hydrogens is 566 g/mol. The first-order valence-electron chi connectivity index (χ1n) is 14.2. The lowest BCUT2D eigenvalue weighted by Gasteiger charge is -2.43. The molecule has 0 atom stereocenters. The zero-order valence-electron chi connectivity index (χ0n) is 23.9. The number of aromatic nitrogens is 5. The molecule has 0 aliphatic carbocycles. The molecule has 16 heteroatoms. The van der Waals surface area contributed by atoms with Crippen molar-refractivity contribution < 1.29 is 27.9 Å². The lowest BCUT2D eigenvalue weighted by atomic mass is 9.97. The van der Waals surface area contributed by atoms with E-state index in [-0.39, 0.29) is 53.7 Å². The lowest BCUT2D eigenvalue weighted by molar-refractivity contribution is -0.149. The minimum atomic E-state index is -2.92. The summed E-state index contributed by atoms with van der Waals surface area (Å²) in [6.45, 7) is 6.07. The van der Waals surface area contributed by atoms with Crippen LogP contribution in [0.15, 0.2) is 18.3 Å². The van der Waals surface area contributed by atoms with Crippen LogP contribution in [0.5, 0.6) is 0 Å². The number of anilines is 3. The molecule has 2 aromatic heterocycles. The number of ether oxygens (including phenoxy) is 1. The Bertz CT molecular complexity index is 1370. The van der Waals surface area contributed by atoms with Crippen LogP contribution in [0.2, 0.25) is 0 Å². The Morgan fingerprint density at radius 1 is 0.953 bits per heavy atom. The van der Waals surface area contributed by atoms with E-state index in [4.69, 9.17) is 10.5 Å². The smallest absolute Gasteiger partial charge is 0.281 e. The number of carbonyl (C=O) groups excluding carboxylic acids is 3. The van der Waals surface area contributed by atoms with E-state index >= 15 is 0 Å². The van der Waals surface area contributed by atoms with Gasteiger partial charge in [-0.2, -0.15) is 15.0 Å². The maximum Gasteiger partial charge on any atom is 0.281 e. The van der Waals surface area contributed by atoms with E-state index in [0.717, 1.165) is 0 Å². The van der Waals surface area contributed by atoms with Crippen molar-refractivity contribution in [3.63, 3.8) is 0 Å². The fourth-order valence-electron chi connectivity index (χ4n) is 5.15. The summed E-state index contributed by atoms with van der Waals surface area (Å²) in [5, 5.41) is 0. The number of nitrogen functional groups attached to an aromatic ring is 1. The average molecular weight is 601 g/mol. The van der Waals surface area contributed by atoms with Crippen molar-refractivity contribution >= 4 is 35.4 Å². The van der Waals surface area contributed by atoms with E-state index in [2.05, 4.69) is 24.9 Å². The van der Waals surface area contributed by atoms with Crippen molar-refractivity contribution in [1.29, 1.82) is 0 Å². The molecule has 43 heavy (non-hydrogen) atoms. The van der Waals surface area contributed by atoms with Crippen LogP contribution in [0.1, 0.15) is 31.9 Å². The van der Waals surface area contributed by atoms with Crippen molar-refractivity contribution in [2.75, 3.05) is 81.1 Å². The molecule has 2 N–H and O–H groups in total. The normalized spacial score (nSPS) is 18.0. The molecule has 3 aliphatic rings. The number of hydrogen-bond acceptors (Lipinski definition) is 12. The third-order valence-electron chi connectivity index (χ3n) is 7.59. The van der Waals surface area contributed by atoms with E-state index in [9.17, 15) is 23.2 Å². The first-order chi connectivity index (χ1) is 20.7. The van der Waals surface area contributed by atoms with Crippen LogP contribution in [0, 0.1) is 5.92 Å². The van der Waals surface area contributed by atoms with Crippen LogP contribution < -0.4 is 15.5 Å². The number of alkyl halides is 2. The van der Waals surface area contributed by atoms with Crippen LogP contribution in [-0.2, 0) is 19.1 Å². The number of halogens is 2. The molecule has 2 aromatic rings. The molecule has 3 saturated heterocycles. The van der Waals surface area contributed by atoms with Crippen molar-refractivity contribution in [2.24, 2.45) is 5.92 Å². The Kier molecular flexibility index (Phi) is 9.33. The highest BCUT2D eigenvalue weighted by Crippen LogP contribution is 2.30. The first-order valence-corrected chi connectivity index (χ1v) is 14.2. The minimum absolute atomic E-state index is 0.00643. The summed E-state index contributed by atoms with van der Waals surface area (Å²) in [7, 11) is 0. The van der Waals surface area contributed by atoms with Gasteiger partial charge < -0.3 is 30.1 Å². The highest BCUT2D eigenvalue weighted by Gasteiger charge is 2.38. The van der Waals surface area contributed by atoms with Crippen LogP contribution >= 0.6 is 0 Å². The summed E-state index contributed by atoms with van der Waals surface area (Å²) in [4.78, 5) is 65.5. The van der Waals surface area contributed by atoms with E-state index in [1.807, 2.05) is 9.80 Å². The van der Waals surface area contributed by atoms with Gasteiger partial charge in [-0.15, -0.1) is 0 Å². The van der Waals surface area contributed by atoms with Crippen molar-refractivity contribution in [3.05, 3.63) is 24.0 Å². The third-order valence-corrected chi connectivity index (χ3v) is 7.59. The number of ketones is 1. The van der Waals surface area contributed by atoms with Gasteiger partial charge in [-0.1, -0.05) is 6.08 Å². The van der Waals surface area contributed by atoms with Gasteiger partial charge in [0.15, 0.2) is 11.6 Å². The third kappa shape index (κ3) is 7.01. The van der Waals surface area contributed by atoms with Crippen LogP contribution in [0.25, 0.3) is 11.4 Å². The maximum absolute atomic E-state index is 13.9. The summed E-state index contributed by atoms with van der Waals surface area (Å²) in [5.74, 6) is -0.186.